The molecule has 11 nitrogen and oxygen atoms in total. The smallest absolute Gasteiger partial charge is 0.325 e. The van der Waals surface area contributed by atoms with Crippen LogP contribution in [0.3, 0.4) is 0 Å². The average Bonchev–Trinajstić information content (AvgIpc) is 2.84. The Hall–Kier alpha value is -3.30. The number of hydrogen-bond acceptors (Lipinski definition) is 8. The number of nitrogens with one attached hydrogen (secondary N) is 2. The van der Waals surface area contributed by atoms with Gasteiger partial charge in [-0.1, -0.05) is 25.7 Å². The molecule has 0 saturated carbocycles. The number of imide groups is 1. The van der Waals surface area contributed by atoms with E-state index < -0.39 is 12.1 Å². The van der Waals surface area contributed by atoms with Crippen molar-refractivity contribution in [1.82, 2.24) is 15.5 Å². The first kappa shape index (κ1) is 30.7. The van der Waals surface area contributed by atoms with Crippen LogP contribution in [-0.2, 0) is 14.3 Å². The molecule has 0 atom stereocenters. The summed E-state index contributed by atoms with van der Waals surface area (Å²) in [7, 11) is 0. The van der Waals surface area contributed by atoms with Crippen molar-refractivity contribution in [2.75, 3.05) is 39.4 Å². The summed E-state index contributed by atoms with van der Waals surface area (Å²) in [6, 6.07) is -0.825. The number of urea groups is 2. The molecule has 0 aromatic carbocycles. The second kappa shape index (κ2) is 24.3. The van der Waals surface area contributed by atoms with Crippen molar-refractivity contribution in [3.05, 3.63) is 0 Å². The zero-order valence-corrected chi connectivity index (χ0v) is 20.1. The molecule has 4 amide bonds. The van der Waals surface area contributed by atoms with Crippen molar-refractivity contribution < 1.29 is 23.9 Å². The lowest BCUT2D eigenvalue weighted by Gasteiger charge is -2.22. The fraction of sp³-hybridized carbons (Fsp3) is 0.783. The van der Waals surface area contributed by atoms with Crippen LogP contribution in [-0.4, -0.2) is 62.4 Å². The van der Waals surface area contributed by atoms with E-state index in [1.165, 1.54) is 11.0 Å². The second-order valence-electron chi connectivity index (χ2n) is 7.71. The minimum atomic E-state index is -0.412. The van der Waals surface area contributed by atoms with E-state index in [0.29, 0.717) is 45.8 Å². The number of nitriles is 2. The van der Waals surface area contributed by atoms with Crippen LogP contribution in [0.5, 0.6) is 0 Å². The molecule has 0 aromatic rings. The molecule has 0 heterocycles. The Balaban J connectivity index is 4.31. The molecule has 2 N–H and O–H groups in total. The van der Waals surface area contributed by atoms with Crippen LogP contribution in [0, 0.1) is 23.0 Å². The predicted octanol–water partition coefficient (Wildman–Crippen LogP) is 3.72. The zero-order chi connectivity index (χ0) is 25.1. The van der Waals surface area contributed by atoms with Crippen LogP contribution in [0.4, 0.5) is 9.59 Å². The maximum atomic E-state index is 12.6. The van der Waals surface area contributed by atoms with E-state index in [4.69, 9.17) is 10.5 Å². The number of carbonyl (C=O) groups is 2. The standard InChI is InChI=1S/C23H38N6O5/c24-19-33-17-11-5-3-9-15-28-23(32)29(16-10-4-6-12-18-34-20-25)22(31)27-14-8-2-1-7-13-26-21-30/h1-18H2,(H,27,31)(H,28,32). The Bertz CT molecular complexity index is 670. The number of ether oxygens (including phenoxy) is 2. The van der Waals surface area contributed by atoms with Crippen LogP contribution >= 0.6 is 0 Å². The Morgan fingerprint density at radius 1 is 0.706 bits per heavy atom. The lowest BCUT2D eigenvalue weighted by molar-refractivity contribution is 0.184. The number of aliphatic imine (C=N–C) groups is 1. The number of hydrogen-bond donors (Lipinski definition) is 2. The van der Waals surface area contributed by atoms with E-state index in [-0.39, 0.29) is 0 Å². The van der Waals surface area contributed by atoms with Gasteiger partial charge in [-0.2, -0.15) is 10.5 Å². The molecule has 0 unspecified atom stereocenters. The highest BCUT2D eigenvalue weighted by molar-refractivity contribution is 5.93. The first-order chi connectivity index (χ1) is 16.7. The molecule has 0 fully saturated rings. The highest BCUT2D eigenvalue weighted by Gasteiger charge is 2.20. The lowest BCUT2D eigenvalue weighted by atomic mass is 10.2. The van der Waals surface area contributed by atoms with E-state index >= 15 is 0 Å². The van der Waals surface area contributed by atoms with Crippen molar-refractivity contribution in [2.45, 2.75) is 77.0 Å². The SMILES string of the molecule is N#COCCCCCCNC(=O)N(CCCCCCOC#N)C(=O)NCCCCCCN=C=O. The molecule has 34 heavy (non-hydrogen) atoms. The molecular formula is C23H38N6O5. The second-order valence-corrected chi connectivity index (χ2v) is 7.71. The summed E-state index contributed by atoms with van der Waals surface area (Å²) < 4.78 is 9.27. The quantitative estimate of drug-likeness (QED) is 0.110. The molecule has 0 bridgehead atoms. The van der Waals surface area contributed by atoms with Gasteiger partial charge in [0.1, 0.15) is 13.2 Å². The first-order valence-electron chi connectivity index (χ1n) is 12.1. The third-order valence-corrected chi connectivity index (χ3v) is 4.98. The number of amides is 4. The van der Waals surface area contributed by atoms with Crippen molar-refractivity contribution in [3.8, 4) is 12.5 Å². The maximum Gasteiger partial charge on any atom is 0.325 e. The molecule has 0 saturated heterocycles. The summed E-state index contributed by atoms with van der Waals surface area (Å²) in [6.45, 7) is 2.51. The molecule has 0 aliphatic carbocycles. The summed E-state index contributed by atoms with van der Waals surface area (Å²) >= 11 is 0. The van der Waals surface area contributed by atoms with Crippen LogP contribution in [0.15, 0.2) is 4.99 Å². The van der Waals surface area contributed by atoms with Crippen molar-refractivity contribution >= 4 is 18.1 Å². The summed E-state index contributed by atoms with van der Waals surface area (Å²) in [5, 5.41) is 22.3. The summed E-state index contributed by atoms with van der Waals surface area (Å²) in [5.41, 5.74) is 0. The topological polar surface area (TPSA) is 157 Å². The summed E-state index contributed by atoms with van der Waals surface area (Å²) in [6.07, 6.45) is 14.6. The maximum absolute atomic E-state index is 12.6. The third-order valence-electron chi connectivity index (χ3n) is 4.98. The number of isocyanates is 1. The fourth-order valence-electron chi connectivity index (χ4n) is 3.13. The normalized spacial score (nSPS) is 9.71. The number of unbranched alkanes of at least 4 members (excludes halogenated alkanes) is 9. The van der Waals surface area contributed by atoms with Gasteiger partial charge < -0.3 is 20.1 Å². The van der Waals surface area contributed by atoms with Gasteiger partial charge in [-0.05, 0) is 51.4 Å². The van der Waals surface area contributed by atoms with Gasteiger partial charge in [0.25, 0.3) is 12.5 Å². The van der Waals surface area contributed by atoms with E-state index in [1.807, 2.05) is 0 Å². The van der Waals surface area contributed by atoms with Gasteiger partial charge in [0.05, 0.1) is 6.54 Å². The molecule has 0 rings (SSSR count). The van der Waals surface area contributed by atoms with Gasteiger partial charge >= 0.3 is 12.1 Å². The molecule has 0 radical (unpaired) electrons. The van der Waals surface area contributed by atoms with Crippen LogP contribution in [0.1, 0.15) is 77.0 Å². The summed E-state index contributed by atoms with van der Waals surface area (Å²) in [4.78, 5) is 39.9. The van der Waals surface area contributed by atoms with Gasteiger partial charge in [0.2, 0.25) is 6.08 Å². The Morgan fingerprint density at radius 3 is 1.68 bits per heavy atom. The van der Waals surface area contributed by atoms with Gasteiger partial charge in [0.15, 0.2) is 0 Å². The van der Waals surface area contributed by atoms with Crippen LogP contribution in [0.25, 0.3) is 0 Å². The summed E-state index contributed by atoms with van der Waals surface area (Å²) in [5.74, 6) is 0. The number of rotatable bonds is 21. The third kappa shape index (κ3) is 19.4. The Kier molecular flexibility index (Phi) is 22.0. The van der Waals surface area contributed by atoms with E-state index in [0.717, 1.165) is 70.6 Å². The molecular weight excluding hydrogens is 440 g/mol. The van der Waals surface area contributed by atoms with Crippen molar-refractivity contribution in [1.29, 1.82) is 10.5 Å². The van der Waals surface area contributed by atoms with E-state index in [1.54, 1.807) is 12.5 Å². The van der Waals surface area contributed by atoms with E-state index in [2.05, 4.69) is 25.1 Å². The van der Waals surface area contributed by atoms with E-state index in [9.17, 15) is 14.4 Å². The predicted molar refractivity (Wildman–Crippen MR) is 125 cm³/mol. The highest BCUT2D eigenvalue weighted by Crippen LogP contribution is 2.05. The van der Waals surface area contributed by atoms with Crippen molar-refractivity contribution in [2.24, 2.45) is 4.99 Å². The molecule has 0 aliphatic heterocycles. The molecule has 0 spiro atoms. The minimum absolute atomic E-state index is 0.311. The van der Waals surface area contributed by atoms with Gasteiger partial charge in [-0.15, -0.1) is 0 Å². The Morgan fingerprint density at radius 2 is 1.18 bits per heavy atom. The first-order valence-corrected chi connectivity index (χ1v) is 12.1. The minimum Gasteiger partial charge on any atom is -0.428 e. The van der Waals surface area contributed by atoms with Crippen molar-refractivity contribution in [3.63, 3.8) is 0 Å². The molecule has 0 aromatic heterocycles. The number of nitrogens with zero attached hydrogens (tertiary/aromatic N) is 4. The largest absolute Gasteiger partial charge is 0.428 e. The fourth-order valence-corrected chi connectivity index (χ4v) is 3.13. The van der Waals surface area contributed by atoms with Gasteiger partial charge in [-0.25, -0.2) is 24.3 Å². The van der Waals surface area contributed by atoms with Crippen LogP contribution < -0.4 is 10.6 Å². The Labute approximate surface area is 202 Å². The highest BCUT2D eigenvalue weighted by atomic mass is 16.5. The zero-order valence-electron chi connectivity index (χ0n) is 20.1. The molecule has 11 heteroatoms. The monoisotopic (exact) mass is 478 g/mol. The lowest BCUT2D eigenvalue weighted by Crippen LogP contribution is -2.49. The molecule has 190 valence electrons. The molecule has 0 aliphatic rings. The number of carbonyl (C=O) groups excluding carboxylic acids is 3. The van der Waals surface area contributed by atoms with Gasteiger partial charge in [0, 0.05) is 19.6 Å². The average molecular weight is 479 g/mol. The van der Waals surface area contributed by atoms with Crippen LogP contribution in [0.2, 0.25) is 0 Å². The van der Waals surface area contributed by atoms with Gasteiger partial charge in [-0.3, -0.25) is 0 Å².